The number of nitrogens with one attached hydrogen (secondary N) is 2. The van der Waals surface area contributed by atoms with Gasteiger partial charge in [0.15, 0.2) is 5.11 Å². The lowest BCUT2D eigenvalue weighted by Gasteiger charge is -2.31. The van der Waals surface area contributed by atoms with E-state index in [-0.39, 0.29) is 5.56 Å². The highest BCUT2D eigenvalue weighted by atomic mass is 32.1. The molecule has 0 aliphatic carbocycles. The van der Waals surface area contributed by atoms with E-state index in [0.29, 0.717) is 18.3 Å². The van der Waals surface area contributed by atoms with Crippen LogP contribution in [0.3, 0.4) is 0 Å². The molecule has 0 unspecified atom stereocenters. The Morgan fingerprint density at radius 3 is 2.81 bits per heavy atom. The molecule has 1 aliphatic heterocycles. The number of pyridine rings is 1. The van der Waals surface area contributed by atoms with Crippen LogP contribution in [-0.4, -0.2) is 79.6 Å². The normalized spacial score (nSPS) is 14.7. The molecule has 1 aromatic carbocycles. The number of hydrogen-bond acceptors (Lipinski definition) is 5. The van der Waals surface area contributed by atoms with Crippen molar-refractivity contribution in [3.8, 4) is 0 Å². The molecule has 7 nitrogen and oxygen atoms in total. The van der Waals surface area contributed by atoms with E-state index in [2.05, 4.69) is 39.2 Å². The van der Waals surface area contributed by atoms with Gasteiger partial charge in [0.2, 0.25) is 0 Å². The van der Waals surface area contributed by atoms with Crippen molar-refractivity contribution in [1.82, 2.24) is 20.1 Å². The van der Waals surface area contributed by atoms with Gasteiger partial charge in [-0.15, -0.1) is 0 Å². The summed E-state index contributed by atoms with van der Waals surface area (Å²) < 4.78 is 10.6. The number of methoxy groups -OCH3 is 1. The molecule has 1 aliphatic rings. The first-order valence-corrected chi connectivity index (χ1v) is 11.3. The third-order valence-electron chi connectivity index (χ3n) is 5.61. The zero-order valence-corrected chi connectivity index (χ0v) is 19.6. The van der Waals surface area contributed by atoms with Crippen molar-refractivity contribution in [3.63, 3.8) is 0 Å². The number of aromatic amines is 1. The van der Waals surface area contributed by atoms with Crippen LogP contribution in [0.5, 0.6) is 0 Å². The van der Waals surface area contributed by atoms with Crippen molar-refractivity contribution < 1.29 is 9.47 Å². The minimum Gasteiger partial charge on any atom is -0.385 e. The molecule has 1 aromatic heterocycles. The molecule has 0 bridgehead atoms. The van der Waals surface area contributed by atoms with Crippen LogP contribution >= 0.6 is 12.2 Å². The fourth-order valence-electron chi connectivity index (χ4n) is 3.92. The smallest absolute Gasteiger partial charge is 0.253 e. The Bertz CT molecular complexity index is 940. The van der Waals surface area contributed by atoms with Crippen LogP contribution < -0.4 is 10.9 Å². The van der Waals surface area contributed by atoms with Crippen LogP contribution in [0.15, 0.2) is 23.0 Å². The molecule has 2 N–H and O–H groups in total. The molecular weight excluding hydrogens is 412 g/mol. The van der Waals surface area contributed by atoms with E-state index < -0.39 is 0 Å². The molecule has 8 heteroatoms. The lowest BCUT2D eigenvalue weighted by molar-refractivity contribution is 0.0357. The van der Waals surface area contributed by atoms with Crippen LogP contribution in [0.25, 0.3) is 10.9 Å². The van der Waals surface area contributed by atoms with Gasteiger partial charge in [0.1, 0.15) is 0 Å². The summed E-state index contributed by atoms with van der Waals surface area (Å²) in [6.45, 7) is 11.0. The van der Waals surface area contributed by atoms with Gasteiger partial charge in [-0.05, 0) is 55.6 Å². The Hall–Kier alpha value is -2.00. The number of nitrogens with zero attached hydrogens (tertiary/aromatic N) is 2. The van der Waals surface area contributed by atoms with Crippen LogP contribution in [0, 0.1) is 13.8 Å². The van der Waals surface area contributed by atoms with Gasteiger partial charge >= 0.3 is 0 Å². The molecule has 1 saturated heterocycles. The van der Waals surface area contributed by atoms with Crippen molar-refractivity contribution in [3.05, 3.63) is 45.2 Å². The standard InChI is InChI=1S/C23H34N4O3S/c1-17-13-18(2)21-19(14-17)15-20(22(28)25-21)16-27(23(31)24-5-4-10-29-3)7-6-26-8-11-30-12-9-26/h13-15H,4-12,16H2,1-3H3,(H,24,31)(H,25,28). The molecule has 3 rings (SSSR count). The Morgan fingerprint density at radius 2 is 2.06 bits per heavy atom. The first-order chi connectivity index (χ1) is 15.0. The molecule has 2 aromatic rings. The maximum Gasteiger partial charge on any atom is 0.253 e. The second kappa shape index (κ2) is 11.6. The predicted octanol–water partition coefficient (Wildman–Crippen LogP) is 2.19. The van der Waals surface area contributed by atoms with Crippen molar-refractivity contribution in [2.24, 2.45) is 0 Å². The minimum absolute atomic E-state index is 0.0574. The van der Waals surface area contributed by atoms with Crippen LogP contribution in [0.2, 0.25) is 0 Å². The van der Waals surface area contributed by atoms with E-state index in [4.69, 9.17) is 21.7 Å². The van der Waals surface area contributed by atoms with Crippen molar-refractivity contribution >= 4 is 28.2 Å². The van der Waals surface area contributed by atoms with E-state index in [0.717, 1.165) is 74.4 Å². The zero-order chi connectivity index (χ0) is 22.2. The summed E-state index contributed by atoms with van der Waals surface area (Å²) in [4.78, 5) is 20.4. The molecular formula is C23H34N4O3S. The van der Waals surface area contributed by atoms with Gasteiger partial charge in [-0.25, -0.2) is 0 Å². The predicted molar refractivity (Wildman–Crippen MR) is 129 cm³/mol. The second-order valence-electron chi connectivity index (χ2n) is 8.12. The van der Waals surface area contributed by atoms with Gasteiger partial charge < -0.3 is 24.7 Å². The number of hydrogen-bond donors (Lipinski definition) is 2. The molecule has 2 heterocycles. The molecule has 31 heavy (non-hydrogen) atoms. The first kappa shape index (κ1) is 23.7. The summed E-state index contributed by atoms with van der Waals surface area (Å²) >= 11 is 5.69. The monoisotopic (exact) mass is 446 g/mol. The largest absolute Gasteiger partial charge is 0.385 e. The summed E-state index contributed by atoms with van der Waals surface area (Å²) in [7, 11) is 1.70. The lowest BCUT2D eigenvalue weighted by atomic mass is 10.1. The van der Waals surface area contributed by atoms with E-state index in [1.807, 2.05) is 13.0 Å². The molecule has 0 saturated carbocycles. The molecule has 0 atom stereocenters. The van der Waals surface area contributed by atoms with Gasteiger partial charge in [0.25, 0.3) is 5.56 Å². The molecule has 0 spiro atoms. The number of aromatic nitrogens is 1. The average molecular weight is 447 g/mol. The number of ether oxygens (including phenoxy) is 2. The fourth-order valence-corrected chi connectivity index (χ4v) is 4.18. The van der Waals surface area contributed by atoms with Crippen LogP contribution in [-0.2, 0) is 16.0 Å². The third kappa shape index (κ3) is 6.74. The average Bonchev–Trinajstić information content (AvgIpc) is 2.75. The topological polar surface area (TPSA) is 69.8 Å². The summed E-state index contributed by atoms with van der Waals surface area (Å²) in [6.07, 6.45) is 0.878. The van der Waals surface area contributed by atoms with Crippen molar-refractivity contribution in [2.45, 2.75) is 26.8 Å². The summed E-state index contributed by atoms with van der Waals surface area (Å²) in [5.41, 5.74) is 3.83. The lowest BCUT2D eigenvalue weighted by Crippen LogP contribution is -2.46. The number of fused-ring (bicyclic) bond motifs is 1. The Labute approximate surface area is 189 Å². The number of benzene rings is 1. The molecule has 1 fully saturated rings. The van der Waals surface area contributed by atoms with E-state index in [1.54, 1.807) is 7.11 Å². The van der Waals surface area contributed by atoms with E-state index in [9.17, 15) is 4.79 Å². The Morgan fingerprint density at radius 1 is 1.29 bits per heavy atom. The SMILES string of the molecule is COCCCNC(=S)N(CCN1CCOCC1)Cc1cc2cc(C)cc(C)c2[nH]c1=O. The first-order valence-electron chi connectivity index (χ1n) is 10.9. The molecule has 170 valence electrons. The Balaban J connectivity index is 1.76. The number of H-pyrrole nitrogens is 1. The van der Waals surface area contributed by atoms with Crippen molar-refractivity contribution in [1.29, 1.82) is 0 Å². The number of rotatable bonds is 9. The van der Waals surface area contributed by atoms with Gasteiger partial charge in [-0.2, -0.15) is 0 Å². The highest BCUT2D eigenvalue weighted by Gasteiger charge is 2.17. The Kier molecular flexibility index (Phi) is 8.83. The summed E-state index contributed by atoms with van der Waals surface area (Å²) in [6, 6.07) is 6.20. The van der Waals surface area contributed by atoms with Gasteiger partial charge in [-0.3, -0.25) is 9.69 Å². The number of morpholine rings is 1. The summed E-state index contributed by atoms with van der Waals surface area (Å²) in [5.74, 6) is 0. The second-order valence-corrected chi connectivity index (χ2v) is 8.51. The van der Waals surface area contributed by atoms with E-state index in [1.165, 1.54) is 5.56 Å². The van der Waals surface area contributed by atoms with Gasteiger partial charge in [0, 0.05) is 52.0 Å². The van der Waals surface area contributed by atoms with E-state index >= 15 is 0 Å². The highest BCUT2D eigenvalue weighted by molar-refractivity contribution is 7.80. The molecule has 0 amide bonds. The van der Waals surface area contributed by atoms with Crippen LogP contribution in [0.4, 0.5) is 0 Å². The zero-order valence-electron chi connectivity index (χ0n) is 18.8. The van der Waals surface area contributed by atoms with Crippen molar-refractivity contribution in [2.75, 3.05) is 59.7 Å². The summed E-state index contributed by atoms with van der Waals surface area (Å²) in [5, 5.41) is 5.05. The van der Waals surface area contributed by atoms with Crippen LogP contribution in [0.1, 0.15) is 23.1 Å². The third-order valence-corrected chi connectivity index (χ3v) is 6.01. The number of aryl methyl sites for hydroxylation is 2. The maximum atomic E-state index is 12.8. The maximum absolute atomic E-state index is 12.8. The minimum atomic E-state index is -0.0574. The fraction of sp³-hybridized carbons (Fsp3) is 0.565. The number of thiocarbonyl (C=S) groups is 1. The molecule has 0 radical (unpaired) electrons. The van der Waals surface area contributed by atoms with Gasteiger partial charge in [0.05, 0.1) is 25.3 Å². The quantitative estimate of drug-likeness (QED) is 0.452. The highest BCUT2D eigenvalue weighted by Crippen LogP contribution is 2.18. The van der Waals surface area contributed by atoms with Gasteiger partial charge in [-0.1, -0.05) is 11.6 Å².